The van der Waals surface area contributed by atoms with Gasteiger partial charge in [0.05, 0.1) is 21.6 Å². The van der Waals surface area contributed by atoms with Crippen molar-refractivity contribution in [3.05, 3.63) is 35.1 Å². The van der Waals surface area contributed by atoms with E-state index in [4.69, 9.17) is 22.4 Å². The highest BCUT2D eigenvalue weighted by atomic mass is 35.5. The van der Waals surface area contributed by atoms with Crippen molar-refractivity contribution in [1.29, 1.82) is 0 Å². The SMILES string of the molecule is CCC(=O)c1ccc2c(Cl)c(-c3nn(C(C)(C)C)c4ncnc(N)c34)[nH]c2c1. The van der Waals surface area contributed by atoms with E-state index in [1.165, 1.54) is 6.33 Å². The van der Waals surface area contributed by atoms with Crippen molar-refractivity contribution in [3.63, 3.8) is 0 Å². The van der Waals surface area contributed by atoms with Crippen LogP contribution >= 0.6 is 11.6 Å². The Morgan fingerprint density at radius 2 is 2.04 bits per heavy atom. The van der Waals surface area contributed by atoms with Crippen molar-refractivity contribution in [2.75, 3.05) is 5.73 Å². The average Bonchev–Trinajstić information content (AvgIpc) is 3.20. The fraction of sp³-hybridized carbons (Fsp3) is 0.300. The summed E-state index contributed by atoms with van der Waals surface area (Å²) in [5.41, 5.74) is 9.15. The van der Waals surface area contributed by atoms with Gasteiger partial charge in [-0.3, -0.25) is 4.79 Å². The molecule has 0 aliphatic heterocycles. The third-order valence-electron chi connectivity index (χ3n) is 4.74. The summed E-state index contributed by atoms with van der Waals surface area (Å²) < 4.78 is 1.82. The number of carbonyl (C=O) groups excluding carboxylic acids is 1. The highest BCUT2D eigenvalue weighted by molar-refractivity contribution is 6.38. The number of H-pyrrole nitrogens is 1. The number of aromatic nitrogens is 5. The highest BCUT2D eigenvalue weighted by Gasteiger charge is 2.26. The molecule has 4 aromatic rings. The Labute approximate surface area is 166 Å². The van der Waals surface area contributed by atoms with E-state index >= 15 is 0 Å². The molecule has 3 N–H and O–H groups in total. The minimum absolute atomic E-state index is 0.0780. The number of nitrogens with zero attached hydrogens (tertiary/aromatic N) is 4. The van der Waals surface area contributed by atoms with Crippen LogP contribution in [0.1, 0.15) is 44.5 Å². The largest absolute Gasteiger partial charge is 0.383 e. The molecule has 0 saturated carbocycles. The summed E-state index contributed by atoms with van der Waals surface area (Å²) in [5, 5.41) is 6.76. The molecule has 7 nitrogen and oxygen atoms in total. The number of hydrogen-bond donors (Lipinski definition) is 2. The van der Waals surface area contributed by atoms with E-state index in [0.29, 0.717) is 45.2 Å². The first-order valence-corrected chi connectivity index (χ1v) is 9.44. The standard InChI is InChI=1S/C20H21ClN6O/c1-5-13(28)10-6-7-11-12(8-10)25-17(15(11)21)16-14-18(22)23-9-24-19(14)27(26-16)20(2,3)4/h6-9,25H,5H2,1-4H3,(H2,22,23,24). The maximum atomic E-state index is 12.1. The predicted molar refractivity (Wildman–Crippen MR) is 112 cm³/mol. The molecule has 0 saturated heterocycles. The smallest absolute Gasteiger partial charge is 0.164 e. The molecule has 1 aromatic carbocycles. The van der Waals surface area contributed by atoms with Crippen LogP contribution in [0, 0.1) is 0 Å². The van der Waals surface area contributed by atoms with Crippen molar-refractivity contribution in [2.24, 2.45) is 0 Å². The fourth-order valence-electron chi connectivity index (χ4n) is 3.32. The topological polar surface area (TPSA) is 102 Å². The molecule has 0 unspecified atom stereocenters. The molecule has 0 aliphatic carbocycles. The van der Waals surface area contributed by atoms with Crippen LogP contribution in [0.15, 0.2) is 24.5 Å². The van der Waals surface area contributed by atoms with Gasteiger partial charge in [-0.25, -0.2) is 14.6 Å². The van der Waals surface area contributed by atoms with Crippen molar-refractivity contribution in [2.45, 2.75) is 39.7 Å². The normalized spacial score (nSPS) is 12.2. The third kappa shape index (κ3) is 2.74. The van der Waals surface area contributed by atoms with Crippen LogP contribution in [0.3, 0.4) is 0 Å². The van der Waals surface area contributed by atoms with Gasteiger partial charge < -0.3 is 10.7 Å². The number of ketones is 1. The van der Waals surface area contributed by atoms with Crippen molar-refractivity contribution in [1.82, 2.24) is 24.7 Å². The first kappa shape index (κ1) is 18.4. The lowest BCUT2D eigenvalue weighted by Crippen LogP contribution is -2.23. The zero-order chi connectivity index (χ0) is 20.2. The van der Waals surface area contributed by atoms with Crippen LogP contribution in [0.2, 0.25) is 5.02 Å². The second-order valence-corrected chi connectivity index (χ2v) is 8.12. The van der Waals surface area contributed by atoms with Crippen molar-refractivity contribution in [3.8, 4) is 11.4 Å². The lowest BCUT2D eigenvalue weighted by Gasteiger charge is -2.19. The molecule has 0 atom stereocenters. The van der Waals surface area contributed by atoms with Crippen LogP contribution in [0.25, 0.3) is 33.3 Å². The number of aromatic amines is 1. The Morgan fingerprint density at radius 1 is 1.29 bits per heavy atom. The zero-order valence-electron chi connectivity index (χ0n) is 16.2. The second-order valence-electron chi connectivity index (χ2n) is 7.74. The van der Waals surface area contributed by atoms with Crippen LogP contribution < -0.4 is 5.73 Å². The minimum atomic E-state index is -0.309. The minimum Gasteiger partial charge on any atom is -0.383 e. The molecule has 3 heterocycles. The number of nitrogens with two attached hydrogens (primary N) is 1. The van der Waals surface area contributed by atoms with Gasteiger partial charge in [0.15, 0.2) is 11.4 Å². The number of fused-ring (bicyclic) bond motifs is 2. The van der Waals surface area contributed by atoms with Gasteiger partial charge in [0.1, 0.15) is 17.8 Å². The van der Waals surface area contributed by atoms with Crippen molar-refractivity contribution >= 4 is 45.1 Å². The number of rotatable bonds is 3. The molecule has 0 amide bonds. The van der Waals surface area contributed by atoms with Gasteiger partial charge in [0.25, 0.3) is 0 Å². The van der Waals surface area contributed by atoms with Crippen LogP contribution in [-0.2, 0) is 5.54 Å². The number of carbonyl (C=O) groups is 1. The van der Waals surface area contributed by atoms with Crippen molar-refractivity contribution < 1.29 is 4.79 Å². The molecule has 0 spiro atoms. The molecular formula is C20H21ClN6O. The number of benzene rings is 1. The van der Waals surface area contributed by atoms with E-state index in [2.05, 4.69) is 15.0 Å². The maximum absolute atomic E-state index is 12.1. The monoisotopic (exact) mass is 396 g/mol. The fourth-order valence-corrected chi connectivity index (χ4v) is 3.62. The lowest BCUT2D eigenvalue weighted by molar-refractivity contribution is 0.0988. The van der Waals surface area contributed by atoms with Gasteiger partial charge in [0.2, 0.25) is 0 Å². The molecule has 3 aromatic heterocycles. The molecule has 0 bridgehead atoms. The van der Waals surface area contributed by atoms with E-state index in [9.17, 15) is 4.79 Å². The quantitative estimate of drug-likeness (QED) is 0.494. The van der Waals surface area contributed by atoms with Gasteiger partial charge in [0, 0.05) is 22.9 Å². The molecular weight excluding hydrogens is 376 g/mol. The van der Waals surface area contributed by atoms with Gasteiger partial charge in [-0.2, -0.15) is 5.10 Å². The molecule has 0 aliphatic rings. The predicted octanol–water partition coefficient (Wildman–Crippen LogP) is 4.56. The van der Waals surface area contributed by atoms with E-state index in [0.717, 1.165) is 10.9 Å². The van der Waals surface area contributed by atoms with Crippen LogP contribution in [0.4, 0.5) is 5.82 Å². The third-order valence-corrected chi connectivity index (χ3v) is 5.14. The van der Waals surface area contributed by atoms with E-state index in [1.54, 1.807) is 6.07 Å². The zero-order valence-corrected chi connectivity index (χ0v) is 16.9. The van der Waals surface area contributed by atoms with Gasteiger partial charge in [-0.1, -0.05) is 30.7 Å². The van der Waals surface area contributed by atoms with Crippen LogP contribution in [-0.4, -0.2) is 30.5 Å². The number of hydrogen-bond acceptors (Lipinski definition) is 5. The van der Waals surface area contributed by atoms with Crippen LogP contribution in [0.5, 0.6) is 0 Å². The molecule has 4 rings (SSSR count). The molecule has 28 heavy (non-hydrogen) atoms. The first-order valence-electron chi connectivity index (χ1n) is 9.06. The number of nitrogen functional groups attached to an aromatic ring is 1. The first-order chi connectivity index (χ1) is 13.2. The van der Waals surface area contributed by atoms with Gasteiger partial charge in [-0.15, -0.1) is 0 Å². The van der Waals surface area contributed by atoms with Gasteiger partial charge >= 0.3 is 0 Å². The van der Waals surface area contributed by atoms with E-state index in [1.807, 2.05) is 44.5 Å². The summed E-state index contributed by atoms with van der Waals surface area (Å²) in [5.74, 6) is 0.418. The Kier molecular flexibility index (Phi) is 4.15. The molecule has 0 radical (unpaired) electrons. The number of halogens is 1. The molecule has 8 heteroatoms. The number of nitrogens with one attached hydrogen (secondary N) is 1. The van der Waals surface area contributed by atoms with E-state index in [-0.39, 0.29) is 11.3 Å². The summed E-state index contributed by atoms with van der Waals surface area (Å²) in [6.07, 6.45) is 1.88. The van der Waals surface area contributed by atoms with Gasteiger partial charge in [-0.05, 0) is 26.8 Å². The lowest BCUT2D eigenvalue weighted by atomic mass is 10.1. The highest BCUT2D eigenvalue weighted by Crippen LogP contribution is 2.39. The second kappa shape index (κ2) is 6.31. The van der Waals surface area contributed by atoms with E-state index < -0.39 is 0 Å². The number of anilines is 1. The maximum Gasteiger partial charge on any atom is 0.164 e. The Balaban J connectivity index is 2.02. The average molecular weight is 397 g/mol. The summed E-state index contributed by atoms with van der Waals surface area (Å²) in [7, 11) is 0. The summed E-state index contributed by atoms with van der Waals surface area (Å²) in [6.45, 7) is 7.96. The Hall–Kier alpha value is -2.93. The summed E-state index contributed by atoms with van der Waals surface area (Å²) in [6, 6.07) is 5.46. The summed E-state index contributed by atoms with van der Waals surface area (Å²) >= 11 is 6.69. The Bertz CT molecular complexity index is 1230. The Morgan fingerprint density at radius 3 is 2.71 bits per heavy atom. The molecule has 0 fully saturated rings. The molecule has 144 valence electrons. The summed E-state index contributed by atoms with van der Waals surface area (Å²) in [4.78, 5) is 23.9. The number of Topliss-reactive ketones (excluding diaryl/α,β-unsaturated/α-hetero) is 1.